The summed E-state index contributed by atoms with van der Waals surface area (Å²) >= 11 is 0. The van der Waals surface area contributed by atoms with Crippen LogP contribution < -0.4 is 10.6 Å². The molecule has 1 amide bonds. The van der Waals surface area contributed by atoms with E-state index in [4.69, 9.17) is 0 Å². The van der Waals surface area contributed by atoms with Gasteiger partial charge in [-0.25, -0.2) is 9.97 Å². The van der Waals surface area contributed by atoms with E-state index >= 15 is 0 Å². The Balaban J connectivity index is 1.46. The summed E-state index contributed by atoms with van der Waals surface area (Å²) in [4.78, 5) is 26.1. The Morgan fingerprint density at radius 2 is 1.84 bits per heavy atom. The predicted molar refractivity (Wildman–Crippen MR) is 133 cm³/mol. The summed E-state index contributed by atoms with van der Waals surface area (Å²) in [6.45, 7) is 1.88. The first-order chi connectivity index (χ1) is 17.7. The van der Waals surface area contributed by atoms with Gasteiger partial charge >= 0.3 is 6.18 Å². The van der Waals surface area contributed by atoms with E-state index in [1.54, 1.807) is 54.6 Å². The summed E-state index contributed by atoms with van der Waals surface area (Å²) in [7, 11) is 1.78. The second-order valence-corrected chi connectivity index (χ2v) is 8.33. The SMILES string of the molecule is Cc1ccc(NC(=O)c2cccc(C(F)(F)F)c2)cc1Nc1nc(-c2cccnc2)nc2c1cnn2C. The number of hydrogen-bond acceptors (Lipinski definition) is 6. The van der Waals surface area contributed by atoms with Crippen LogP contribution in [0, 0.1) is 6.92 Å². The van der Waals surface area contributed by atoms with Crippen LogP contribution in [0.15, 0.2) is 73.2 Å². The highest BCUT2D eigenvalue weighted by Crippen LogP contribution is 2.31. The van der Waals surface area contributed by atoms with Crippen molar-refractivity contribution in [2.45, 2.75) is 13.1 Å². The highest BCUT2D eigenvalue weighted by Gasteiger charge is 2.31. The highest BCUT2D eigenvalue weighted by atomic mass is 19.4. The fourth-order valence-corrected chi connectivity index (χ4v) is 3.74. The minimum Gasteiger partial charge on any atom is -0.339 e. The van der Waals surface area contributed by atoms with Crippen molar-refractivity contribution in [2.24, 2.45) is 7.05 Å². The molecule has 186 valence electrons. The Morgan fingerprint density at radius 3 is 2.59 bits per heavy atom. The molecule has 5 rings (SSSR count). The monoisotopic (exact) mass is 503 g/mol. The molecule has 3 heterocycles. The van der Waals surface area contributed by atoms with E-state index in [-0.39, 0.29) is 5.56 Å². The van der Waals surface area contributed by atoms with E-state index in [0.29, 0.717) is 34.1 Å². The first-order valence-electron chi connectivity index (χ1n) is 11.2. The Bertz CT molecular complexity index is 1610. The lowest BCUT2D eigenvalue weighted by Gasteiger charge is -2.14. The van der Waals surface area contributed by atoms with Gasteiger partial charge in [-0.3, -0.25) is 14.5 Å². The molecule has 0 aliphatic carbocycles. The molecule has 5 aromatic rings. The Morgan fingerprint density at radius 1 is 1.00 bits per heavy atom. The number of rotatable bonds is 5. The van der Waals surface area contributed by atoms with E-state index in [0.717, 1.165) is 23.3 Å². The Kier molecular flexibility index (Phi) is 6.04. The van der Waals surface area contributed by atoms with Gasteiger partial charge in [0, 0.05) is 41.9 Å². The van der Waals surface area contributed by atoms with Crippen LogP contribution in [0.4, 0.5) is 30.4 Å². The lowest BCUT2D eigenvalue weighted by Crippen LogP contribution is -2.14. The Labute approximate surface area is 209 Å². The number of aromatic nitrogens is 5. The van der Waals surface area contributed by atoms with Crippen molar-refractivity contribution < 1.29 is 18.0 Å². The van der Waals surface area contributed by atoms with Gasteiger partial charge in [-0.15, -0.1) is 0 Å². The van der Waals surface area contributed by atoms with Crippen molar-refractivity contribution in [1.82, 2.24) is 24.7 Å². The maximum Gasteiger partial charge on any atom is 0.416 e. The van der Waals surface area contributed by atoms with Gasteiger partial charge in [0.25, 0.3) is 5.91 Å². The molecular weight excluding hydrogens is 483 g/mol. The molecular formula is C26H20F3N7O. The molecule has 2 aromatic carbocycles. The van der Waals surface area contributed by atoms with Gasteiger partial charge in [-0.1, -0.05) is 12.1 Å². The standard InChI is InChI=1S/C26H20F3N7O/c1-15-8-9-19(32-25(37)16-5-3-7-18(11-16)26(27,28)29)12-21(15)33-23-20-14-31-36(2)24(20)35-22(34-23)17-6-4-10-30-13-17/h3-14H,1-2H3,(H,32,37)(H,33,34,35). The number of nitrogens with one attached hydrogen (secondary N) is 2. The average molecular weight is 503 g/mol. The molecule has 0 radical (unpaired) electrons. The van der Waals surface area contributed by atoms with Crippen LogP contribution in [0.5, 0.6) is 0 Å². The third-order valence-electron chi connectivity index (χ3n) is 5.71. The van der Waals surface area contributed by atoms with Crippen molar-refractivity contribution in [3.8, 4) is 11.4 Å². The van der Waals surface area contributed by atoms with Crippen molar-refractivity contribution in [1.29, 1.82) is 0 Å². The number of halogens is 3. The number of fused-ring (bicyclic) bond motifs is 1. The number of alkyl halides is 3. The van der Waals surface area contributed by atoms with Crippen molar-refractivity contribution in [3.63, 3.8) is 0 Å². The van der Waals surface area contributed by atoms with Crippen molar-refractivity contribution in [3.05, 3.63) is 89.9 Å². The lowest BCUT2D eigenvalue weighted by molar-refractivity contribution is -0.137. The van der Waals surface area contributed by atoms with E-state index in [1.165, 1.54) is 12.1 Å². The minimum absolute atomic E-state index is 0.0982. The topological polar surface area (TPSA) is 97.6 Å². The molecule has 8 nitrogen and oxygen atoms in total. The number of amides is 1. The van der Waals surface area contributed by atoms with Gasteiger partial charge in [0.2, 0.25) is 0 Å². The zero-order valence-electron chi connectivity index (χ0n) is 19.7. The van der Waals surface area contributed by atoms with Gasteiger partial charge in [-0.05, 0) is 55.0 Å². The highest BCUT2D eigenvalue weighted by molar-refractivity contribution is 6.04. The van der Waals surface area contributed by atoms with Gasteiger partial charge < -0.3 is 10.6 Å². The average Bonchev–Trinajstić information content (AvgIpc) is 3.27. The van der Waals surface area contributed by atoms with Crippen LogP contribution in [0.25, 0.3) is 22.4 Å². The van der Waals surface area contributed by atoms with E-state index < -0.39 is 17.6 Å². The van der Waals surface area contributed by atoms with E-state index in [9.17, 15) is 18.0 Å². The van der Waals surface area contributed by atoms with Crippen molar-refractivity contribution >= 4 is 34.1 Å². The zero-order chi connectivity index (χ0) is 26.2. The smallest absolute Gasteiger partial charge is 0.339 e. The number of aryl methyl sites for hydroxylation is 2. The summed E-state index contributed by atoms with van der Waals surface area (Å²) < 4.78 is 40.8. The van der Waals surface area contributed by atoms with E-state index in [1.807, 2.05) is 13.0 Å². The van der Waals surface area contributed by atoms with Crippen LogP contribution in [-0.2, 0) is 13.2 Å². The van der Waals surface area contributed by atoms with Gasteiger partial charge in [0.05, 0.1) is 17.1 Å². The molecule has 11 heteroatoms. The maximum absolute atomic E-state index is 13.1. The summed E-state index contributed by atoms with van der Waals surface area (Å²) in [5.41, 5.74) is 2.26. The normalized spacial score (nSPS) is 11.5. The van der Waals surface area contributed by atoms with Gasteiger partial charge in [-0.2, -0.15) is 18.3 Å². The minimum atomic E-state index is -4.54. The number of pyridine rings is 1. The molecule has 0 aliphatic heterocycles. The second kappa shape index (κ2) is 9.34. The molecule has 0 bridgehead atoms. The van der Waals surface area contributed by atoms with Crippen LogP contribution in [0.2, 0.25) is 0 Å². The first kappa shape index (κ1) is 23.9. The molecule has 0 unspecified atom stereocenters. The number of anilines is 3. The number of hydrogen-bond donors (Lipinski definition) is 2. The summed E-state index contributed by atoms with van der Waals surface area (Å²) in [6, 6.07) is 13.1. The largest absolute Gasteiger partial charge is 0.416 e. The third-order valence-corrected chi connectivity index (χ3v) is 5.71. The second-order valence-electron chi connectivity index (χ2n) is 8.33. The summed E-state index contributed by atoms with van der Waals surface area (Å²) in [5, 5.41) is 10.9. The van der Waals surface area contributed by atoms with E-state index in [2.05, 4.69) is 30.7 Å². The van der Waals surface area contributed by atoms with Gasteiger partial charge in [0.15, 0.2) is 11.5 Å². The molecule has 0 atom stereocenters. The molecule has 0 aliphatic rings. The summed E-state index contributed by atoms with van der Waals surface area (Å²) in [5.74, 6) is 0.302. The van der Waals surface area contributed by atoms with Gasteiger partial charge in [0.1, 0.15) is 5.82 Å². The van der Waals surface area contributed by atoms with Crippen LogP contribution in [0.1, 0.15) is 21.5 Å². The molecule has 0 fully saturated rings. The van der Waals surface area contributed by atoms with Crippen LogP contribution >= 0.6 is 0 Å². The Hall–Kier alpha value is -4.80. The zero-order valence-corrected chi connectivity index (χ0v) is 19.7. The molecule has 0 saturated carbocycles. The molecule has 0 saturated heterocycles. The lowest BCUT2D eigenvalue weighted by atomic mass is 10.1. The molecule has 0 spiro atoms. The fourth-order valence-electron chi connectivity index (χ4n) is 3.74. The molecule has 37 heavy (non-hydrogen) atoms. The summed E-state index contributed by atoms with van der Waals surface area (Å²) in [6.07, 6.45) is 0.435. The predicted octanol–water partition coefficient (Wildman–Crippen LogP) is 5.75. The fraction of sp³-hybridized carbons (Fsp3) is 0.115. The quantitative estimate of drug-likeness (QED) is 0.317. The number of nitrogens with zero attached hydrogens (tertiary/aromatic N) is 5. The van der Waals surface area contributed by atoms with Crippen LogP contribution in [0.3, 0.4) is 0 Å². The number of benzene rings is 2. The number of carbonyl (C=O) groups excluding carboxylic acids is 1. The van der Waals surface area contributed by atoms with Crippen LogP contribution in [-0.4, -0.2) is 30.6 Å². The van der Waals surface area contributed by atoms with Crippen molar-refractivity contribution in [2.75, 3.05) is 10.6 Å². The number of carbonyl (C=O) groups is 1. The maximum atomic E-state index is 13.1. The first-order valence-corrected chi connectivity index (χ1v) is 11.2. The third kappa shape index (κ3) is 4.96. The molecule has 2 N–H and O–H groups in total. The molecule has 3 aromatic heterocycles.